The third-order valence-electron chi connectivity index (χ3n) is 2.16. The van der Waals surface area contributed by atoms with E-state index in [-0.39, 0.29) is 11.9 Å². The van der Waals surface area contributed by atoms with Crippen molar-refractivity contribution in [1.82, 2.24) is 10.9 Å². The van der Waals surface area contributed by atoms with Gasteiger partial charge in [0.2, 0.25) is 11.9 Å². The summed E-state index contributed by atoms with van der Waals surface area (Å²) in [5, 5.41) is 3.58. The summed E-state index contributed by atoms with van der Waals surface area (Å²) in [6, 6.07) is 5.78. The molecule has 0 heterocycles. The lowest BCUT2D eigenvalue weighted by atomic mass is 10.1. The molecule has 0 bridgehead atoms. The van der Waals surface area contributed by atoms with Crippen LogP contribution < -0.4 is 28.2 Å². The smallest absolute Gasteiger partial charge is 0.231 e. The first-order chi connectivity index (χ1) is 8.02. The van der Waals surface area contributed by atoms with Gasteiger partial charge in [-0.15, -0.1) is 5.10 Å². The molecule has 0 saturated carbocycles. The van der Waals surface area contributed by atoms with Gasteiger partial charge in [0.1, 0.15) is 0 Å². The first kappa shape index (κ1) is 12.8. The Morgan fingerprint density at radius 1 is 1.18 bits per heavy atom. The molecule has 92 valence electrons. The Labute approximate surface area is 99.7 Å². The van der Waals surface area contributed by atoms with E-state index >= 15 is 0 Å². The molecule has 17 heavy (non-hydrogen) atoms. The average molecular weight is 235 g/mol. The first-order valence-corrected chi connectivity index (χ1v) is 5.00. The van der Waals surface area contributed by atoms with E-state index in [1.807, 2.05) is 32.0 Å². The zero-order chi connectivity index (χ0) is 12.8. The van der Waals surface area contributed by atoms with Gasteiger partial charge in [0.25, 0.3) is 0 Å². The maximum absolute atomic E-state index is 5.28. The molecular formula is C10H17N7. The van der Waals surface area contributed by atoms with Crippen molar-refractivity contribution >= 4 is 17.6 Å². The fourth-order valence-corrected chi connectivity index (χ4v) is 1.13. The molecule has 0 unspecified atom stereocenters. The number of hydrogen-bond donors (Lipinski definition) is 5. The molecule has 0 fully saturated rings. The molecule has 0 spiro atoms. The van der Waals surface area contributed by atoms with Gasteiger partial charge in [-0.1, -0.05) is 6.07 Å². The Hall–Kier alpha value is -2.28. The number of nitrogens with zero attached hydrogens (tertiary/aromatic N) is 2. The van der Waals surface area contributed by atoms with Crippen molar-refractivity contribution in [2.75, 3.05) is 0 Å². The second-order valence-electron chi connectivity index (χ2n) is 3.52. The van der Waals surface area contributed by atoms with Gasteiger partial charge >= 0.3 is 0 Å². The Kier molecular flexibility index (Phi) is 4.29. The van der Waals surface area contributed by atoms with Gasteiger partial charge in [0, 0.05) is 0 Å². The minimum Gasteiger partial charge on any atom is -0.369 e. The lowest BCUT2D eigenvalue weighted by Crippen LogP contribution is -2.40. The molecule has 0 aliphatic heterocycles. The van der Waals surface area contributed by atoms with Crippen LogP contribution in [0.3, 0.4) is 0 Å². The van der Waals surface area contributed by atoms with Crippen LogP contribution in [0.5, 0.6) is 0 Å². The van der Waals surface area contributed by atoms with E-state index in [9.17, 15) is 0 Å². The van der Waals surface area contributed by atoms with Gasteiger partial charge < -0.3 is 11.5 Å². The number of hydrazone groups is 1. The van der Waals surface area contributed by atoms with Crippen LogP contribution in [0.4, 0.5) is 5.69 Å². The number of aliphatic imine (C=N–C) groups is 1. The monoisotopic (exact) mass is 235 g/mol. The number of guanidine groups is 2. The summed E-state index contributed by atoms with van der Waals surface area (Å²) in [6.07, 6.45) is 0. The van der Waals surface area contributed by atoms with Crippen LogP contribution >= 0.6 is 0 Å². The minimum absolute atomic E-state index is 0.104. The van der Waals surface area contributed by atoms with Crippen molar-refractivity contribution in [3.63, 3.8) is 0 Å². The normalized spacial score (nSPS) is 10.9. The number of rotatable bonds is 2. The van der Waals surface area contributed by atoms with Gasteiger partial charge in [0.15, 0.2) is 0 Å². The third kappa shape index (κ3) is 3.99. The Balaban J connectivity index is 2.90. The third-order valence-corrected chi connectivity index (χ3v) is 2.16. The number of aryl methyl sites for hydroxylation is 2. The van der Waals surface area contributed by atoms with Gasteiger partial charge in [-0.3, -0.25) is 5.43 Å². The summed E-state index contributed by atoms with van der Waals surface area (Å²) in [5.41, 5.74) is 18.3. The summed E-state index contributed by atoms with van der Waals surface area (Å²) in [5.74, 6) is 5.43. The molecule has 0 atom stereocenters. The molecule has 7 heteroatoms. The van der Waals surface area contributed by atoms with Crippen molar-refractivity contribution in [2.24, 2.45) is 27.4 Å². The Morgan fingerprint density at radius 2 is 1.88 bits per heavy atom. The van der Waals surface area contributed by atoms with Gasteiger partial charge in [-0.05, 0) is 37.1 Å². The lowest BCUT2D eigenvalue weighted by Gasteiger charge is -2.05. The molecule has 0 radical (unpaired) electrons. The van der Waals surface area contributed by atoms with Gasteiger partial charge in [-0.25, -0.2) is 16.3 Å². The highest BCUT2D eigenvalue weighted by Crippen LogP contribution is 2.16. The van der Waals surface area contributed by atoms with E-state index in [1.54, 1.807) is 0 Å². The number of hydrazine groups is 1. The van der Waals surface area contributed by atoms with Crippen LogP contribution in [-0.2, 0) is 0 Å². The molecule has 1 aromatic rings. The average Bonchev–Trinajstić information content (AvgIpc) is 2.28. The second-order valence-corrected chi connectivity index (χ2v) is 3.52. The van der Waals surface area contributed by atoms with Crippen molar-refractivity contribution in [1.29, 1.82) is 0 Å². The summed E-state index contributed by atoms with van der Waals surface area (Å²) in [7, 11) is 0. The van der Waals surface area contributed by atoms with Gasteiger partial charge in [0.05, 0.1) is 5.69 Å². The van der Waals surface area contributed by atoms with E-state index in [1.165, 1.54) is 5.56 Å². The number of nitrogens with two attached hydrogens (primary N) is 3. The van der Waals surface area contributed by atoms with E-state index in [0.29, 0.717) is 0 Å². The molecule has 0 saturated heterocycles. The fourth-order valence-electron chi connectivity index (χ4n) is 1.13. The van der Waals surface area contributed by atoms with Crippen LogP contribution in [0.2, 0.25) is 0 Å². The summed E-state index contributed by atoms with van der Waals surface area (Å²) >= 11 is 0. The molecule has 8 N–H and O–H groups in total. The molecular weight excluding hydrogens is 218 g/mol. The quantitative estimate of drug-likeness (QED) is 0.205. The van der Waals surface area contributed by atoms with Gasteiger partial charge in [-0.2, -0.15) is 0 Å². The molecule has 1 rings (SSSR count). The first-order valence-electron chi connectivity index (χ1n) is 5.00. The molecule has 7 nitrogen and oxygen atoms in total. The zero-order valence-corrected chi connectivity index (χ0v) is 9.86. The zero-order valence-electron chi connectivity index (χ0n) is 9.86. The Morgan fingerprint density at radius 3 is 2.41 bits per heavy atom. The van der Waals surface area contributed by atoms with Crippen LogP contribution in [-0.4, -0.2) is 11.9 Å². The number of nitrogens with one attached hydrogen (secondary N) is 2. The standard InChI is InChI=1S/C10H17N7/c1-6-3-4-8(5-7(6)2)14-10(15-13)17-16-9(11)12/h3-5H,13H2,1-2H3,(H4,11,12,16)(H2,14,15,17). The van der Waals surface area contributed by atoms with Crippen LogP contribution in [0, 0.1) is 13.8 Å². The highest BCUT2D eigenvalue weighted by Gasteiger charge is 1.98. The van der Waals surface area contributed by atoms with Crippen LogP contribution in [0.1, 0.15) is 11.1 Å². The van der Waals surface area contributed by atoms with E-state index < -0.39 is 0 Å². The van der Waals surface area contributed by atoms with Crippen molar-refractivity contribution < 1.29 is 0 Å². The topological polar surface area (TPSA) is 127 Å². The highest BCUT2D eigenvalue weighted by molar-refractivity contribution is 5.84. The van der Waals surface area contributed by atoms with Crippen molar-refractivity contribution in [2.45, 2.75) is 13.8 Å². The summed E-state index contributed by atoms with van der Waals surface area (Å²) in [4.78, 5) is 4.20. The Bertz CT molecular complexity index is 446. The fraction of sp³-hybridized carbons (Fsp3) is 0.200. The predicted octanol–water partition coefficient (Wildman–Crippen LogP) is -0.468. The molecule has 0 aliphatic rings. The van der Waals surface area contributed by atoms with Crippen molar-refractivity contribution in [3.05, 3.63) is 29.3 Å². The molecule has 0 aliphatic carbocycles. The maximum Gasteiger partial charge on any atom is 0.231 e. The summed E-state index contributed by atoms with van der Waals surface area (Å²) < 4.78 is 0. The molecule has 0 aromatic heterocycles. The van der Waals surface area contributed by atoms with Crippen molar-refractivity contribution in [3.8, 4) is 0 Å². The van der Waals surface area contributed by atoms with E-state index in [2.05, 4.69) is 20.9 Å². The van der Waals surface area contributed by atoms with Crippen LogP contribution in [0.25, 0.3) is 0 Å². The largest absolute Gasteiger partial charge is 0.369 e. The van der Waals surface area contributed by atoms with Crippen LogP contribution in [0.15, 0.2) is 28.3 Å². The van der Waals surface area contributed by atoms with E-state index in [4.69, 9.17) is 17.3 Å². The number of hydrogen-bond acceptors (Lipinski definition) is 3. The highest BCUT2D eigenvalue weighted by atomic mass is 15.5. The minimum atomic E-state index is -0.104. The van der Waals surface area contributed by atoms with E-state index in [0.717, 1.165) is 11.3 Å². The SMILES string of the molecule is Cc1ccc(N=C(NN)NN=C(N)N)cc1C. The lowest BCUT2D eigenvalue weighted by molar-refractivity contribution is 0.893. The number of benzene rings is 1. The second kappa shape index (κ2) is 5.71. The summed E-state index contributed by atoms with van der Waals surface area (Å²) in [6.45, 7) is 4.04. The predicted molar refractivity (Wildman–Crippen MR) is 69.3 cm³/mol. The molecule has 1 aromatic carbocycles. The molecule has 0 amide bonds. The maximum atomic E-state index is 5.28.